The molecule has 0 spiro atoms. The number of nitrogens with two attached hydrogens (primary N) is 1. The molecule has 3 amide bonds. The number of carbonyl (C=O) groups excluding carboxylic acids is 3. The van der Waals surface area contributed by atoms with Gasteiger partial charge in [-0.05, 0) is 24.6 Å². The lowest BCUT2D eigenvalue weighted by Crippen LogP contribution is -2.46. The van der Waals surface area contributed by atoms with Crippen molar-refractivity contribution in [1.82, 2.24) is 10.4 Å². The normalized spacial score (nSPS) is 19.9. The van der Waals surface area contributed by atoms with Crippen molar-refractivity contribution < 1.29 is 23.5 Å². The number of alkyl halides is 1. The van der Waals surface area contributed by atoms with Crippen LogP contribution in [0.25, 0.3) is 0 Å². The zero-order valence-electron chi connectivity index (χ0n) is 15.8. The van der Waals surface area contributed by atoms with Gasteiger partial charge in [-0.25, -0.2) is 19.4 Å². The molecule has 11 heteroatoms. The van der Waals surface area contributed by atoms with E-state index in [1.54, 1.807) is 17.0 Å². The zero-order chi connectivity index (χ0) is 21.0. The van der Waals surface area contributed by atoms with E-state index in [0.29, 0.717) is 44.0 Å². The monoisotopic (exact) mass is 427 g/mol. The number of Topliss-reactive ketones (excluding diaryl/α,β-unsaturated/α-hetero) is 1. The summed E-state index contributed by atoms with van der Waals surface area (Å²) in [5.74, 6) is -0.665. The van der Waals surface area contributed by atoms with Crippen LogP contribution in [0.15, 0.2) is 18.2 Å². The first kappa shape index (κ1) is 21.1. The Labute approximate surface area is 172 Å². The first-order valence-electron chi connectivity index (χ1n) is 9.30. The maximum absolute atomic E-state index is 14.8. The van der Waals surface area contributed by atoms with Crippen LogP contribution in [-0.2, 0) is 9.53 Å². The van der Waals surface area contributed by atoms with Gasteiger partial charge in [-0.3, -0.25) is 14.7 Å². The highest BCUT2D eigenvalue weighted by Gasteiger charge is 2.33. The molecule has 0 aromatic heterocycles. The molecule has 0 bridgehead atoms. The summed E-state index contributed by atoms with van der Waals surface area (Å²) in [6.07, 6.45) is -0.398. The van der Waals surface area contributed by atoms with Crippen LogP contribution in [0.4, 0.5) is 25.4 Å². The molecule has 3 rings (SSSR count). The lowest BCUT2D eigenvalue weighted by atomic mass is 10.1. The van der Waals surface area contributed by atoms with Crippen LogP contribution in [0.1, 0.15) is 12.8 Å². The number of benzene rings is 1. The maximum atomic E-state index is 14.8. The van der Waals surface area contributed by atoms with Crippen LogP contribution >= 0.6 is 11.6 Å². The molecule has 2 saturated heterocycles. The van der Waals surface area contributed by atoms with Crippen LogP contribution < -0.4 is 21.0 Å². The molecule has 3 N–H and O–H groups in total. The molecule has 2 aliphatic heterocycles. The Morgan fingerprint density at radius 1 is 1.31 bits per heavy atom. The van der Waals surface area contributed by atoms with Gasteiger partial charge in [-0.1, -0.05) is 0 Å². The summed E-state index contributed by atoms with van der Waals surface area (Å²) < 4.78 is 20.1. The third kappa shape index (κ3) is 5.07. The maximum Gasteiger partial charge on any atom is 0.414 e. The average molecular weight is 428 g/mol. The summed E-state index contributed by atoms with van der Waals surface area (Å²) >= 11 is 5.48. The van der Waals surface area contributed by atoms with Crippen molar-refractivity contribution >= 4 is 40.9 Å². The molecular weight excluding hydrogens is 405 g/mol. The van der Waals surface area contributed by atoms with E-state index < -0.39 is 24.0 Å². The summed E-state index contributed by atoms with van der Waals surface area (Å²) in [7, 11) is 0. The molecule has 2 aliphatic rings. The summed E-state index contributed by atoms with van der Waals surface area (Å²) in [4.78, 5) is 37.9. The zero-order valence-corrected chi connectivity index (χ0v) is 16.5. The van der Waals surface area contributed by atoms with Crippen LogP contribution in [0.5, 0.6) is 0 Å². The number of hydrazine groups is 1. The molecule has 0 saturated carbocycles. The Bertz CT molecular complexity index is 796. The number of nitrogens with zero attached hydrogens (tertiary/aromatic N) is 3. The van der Waals surface area contributed by atoms with E-state index >= 15 is 0 Å². The van der Waals surface area contributed by atoms with Crippen LogP contribution in [0.3, 0.4) is 0 Å². The fourth-order valence-electron chi connectivity index (χ4n) is 3.35. The van der Waals surface area contributed by atoms with Crippen molar-refractivity contribution in [2.75, 3.05) is 48.4 Å². The van der Waals surface area contributed by atoms with E-state index in [2.05, 4.69) is 5.43 Å². The number of cyclic esters (lactones) is 1. The van der Waals surface area contributed by atoms with E-state index in [0.717, 1.165) is 0 Å². The van der Waals surface area contributed by atoms with E-state index in [1.165, 1.54) is 16.0 Å². The molecule has 0 aliphatic carbocycles. The van der Waals surface area contributed by atoms with Gasteiger partial charge in [-0.15, -0.1) is 11.6 Å². The van der Waals surface area contributed by atoms with Gasteiger partial charge in [0.05, 0.1) is 30.3 Å². The molecule has 29 heavy (non-hydrogen) atoms. The Hall–Kier alpha value is -2.59. The number of nitrogens with one attached hydrogen (secondary N) is 1. The molecule has 1 aromatic carbocycles. The fourth-order valence-corrected chi connectivity index (χ4v) is 3.49. The molecular formula is C18H23ClFN5O4. The van der Waals surface area contributed by atoms with Crippen molar-refractivity contribution in [3.05, 3.63) is 24.0 Å². The molecule has 2 fully saturated rings. The Kier molecular flexibility index (Phi) is 6.75. The van der Waals surface area contributed by atoms with Gasteiger partial charge in [0, 0.05) is 26.1 Å². The first-order chi connectivity index (χ1) is 13.9. The summed E-state index contributed by atoms with van der Waals surface area (Å²) in [5.41, 5.74) is 8.91. The van der Waals surface area contributed by atoms with Gasteiger partial charge in [0.2, 0.25) is 0 Å². The second kappa shape index (κ2) is 9.27. The highest BCUT2D eigenvalue weighted by molar-refractivity contribution is 6.27. The Morgan fingerprint density at radius 2 is 2.10 bits per heavy atom. The van der Waals surface area contributed by atoms with E-state index in [1.807, 2.05) is 0 Å². The molecule has 0 radical (unpaired) electrons. The number of hydrogen-bond acceptors (Lipinski definition) is 6. The predicted octanol–water partition coefficient (Wildman–Crippen LogP) is 1.44. The topological polar surface area (TPSA) is 108 Å². The highest BCUT2D eigenvalue weighted by Crippen LogP contribution is 2.29. The highest BCUT2D eigenvalue weighted by atomic mass is 35.5. The number of anilines is 2. The SMILES string of the molecule is NC(=O)N1CCN(c2ccc(N3C[C@H](CCC(=O)CCl)OC3=O)cc2F)CCN1. The van der Waals surface area contributed by atoms with Gasteiger partial charge in [0.25, 0.3) is 0 Å². The number of ketones is 1. The second-order valence-electron chi connectivity index (χ2n) is 6.85. The minimum atomic E-state index is -0.586. The fraction of sp³-hybridized carbons (Fsp3) is 0.500. The Balaban J connectivity index is 1.65. The van der Waals surface area contributed by atoms with Crippen molar-refractivity contribution in [2.24, 2.45) is 5.73 Å². The smallest absolute Gasteiger partial charge is 0.414 e. The van der Waals surface area contributed by atoms with Gasteiger partial charge in [0.15, 0.2) is 0 Å². The molecule has 1 atom stereocenters. The number of primary amides is 1. The number of carbonyl (C=O) groups is 3. The second-order valence-corrected chi connectivity index (χ2v) is 7.12. The lowest BCUT2D eigenvalue weighted by Gasteiger charge is -2.24. The van der Waals surface area contributed by atoms with Gasteiger partial charge in [-0.2, -0.15) is 0 Å². The summed E-state index contributed by atoms with van der Waals surface area (Å²) in [5, 5.41) is 1.29. The number of rotatable bonds is 6. The number of ether oxygens (including phenoxy) is 1. The van der Waals surface area contributed by atoms with Gasteiger partial charge < -0.3 is 15.4 Å². The van der Waals surface area contributed by atoms with Crippen LogP contribution in [0, 0.1) is 5.82 Å². The first-order valence-corrected chi connectivity index (χ1v) is 9.83. The molecule has 1 aromatic rings. The number of halogens is 2. The van der Waals surface area contributed by atoms with Gasteiger partial charge >= 0.3 is 12.1 Å². The minimum absolute atomic E-state index is 0.0692. The Morgan fingerprint density at radius 3 is 2.79 bits per heavy atom. The van der Waals surface area contributed by atoms with Crippen molar-refractivity contribution in [1.29, 1.82) is 0 Å². The van der Waals surface area contributed by atoms with E-state index in [9.17, 15) is 18.8 Å². The number of urea groups is 1. The predicted molar refractivity (Wildman–Crippen MR) is 105 cm³/mol. The van der Waals surface area contributed by atoms with E-state index in [4.69, 9.17) is 22.1 Å². The molecule has 158 valence electrons. The van der Waals surface area contributed by atoms with Gasteiger partial charge in [0.1, 0.15) is 17.7 Å². The minimum Gasteiger partial charge on any atom is -0.444 e. The molecule has 9 nitrogen and oxygen atoms in total. The van der Waals surface area contributed by atoms with Crippen LogP contribution in [0.2, 0.25) is 0 Å². The standard InChI is InChI=1S/C18H23ClFN5O4/c19-10-13(26)2-3-14-11-24(18(28)29-14)12-1-4-16(15(20)9-12)23-6-5-22-25(8-7-23)17(21)27/h1,4,9,14,22H,2-3,5-8,10-11H2,(H2,21,27)/t14-/m0/s1. The number of amides is 3. The lowest BCUT2D eigenvalue weighted by molar-refractivity contribution is -0.117. The molecule has 0 unspecified atom stereocenters. The van der Waals surface area contributed by atoms with Crippen LogP contribution in [-0.4, -0.2) is 67.6 Å². The van der Waals surface area contributed by atoms with Crippen molar-refractivity contribution in [3.63, 3.8) is 0 Å². The van der Waals surface area contributed by atoms with E-state index in [-0.39, 0.29) is 24.6 Å². The third-order valence-corrected chi connectivity index (χ3v) is 5.19. The quantitative estimate of drug-likeness (QED) is 0.665. The molecule has 2 heterocycles. The largest absolute Gasteiger partial charge is 0.444 e. The summed E-state index contributed by atoms with van der Waals surface area (Å²) in [6, 6.07) is 3.95. The van der Waals surface area contributed by atoms with Crippen molar-refractivity contribution in [2.45, 2.75) is 18.9 Å². The van der Waals surface area contributed by atoms with Crippen molar-refractivity contribution in [3.8, 4) is 0 Å². The average Bonchev–Trinajstić information content (AvgIpc) is 2.90. The third-order valence-electron chi connectivity index (χ3n) is 4.90. The summed E-state index contributed by atoms with van der Waals surface area (Å²) in [6.45, 7) is 1.90. The number of hydrogen-bond donors (Lipinski definition) is 2.